The first-order valence-corrected chi connectivity index (χ1v) is 7.41. The summed E-state index contributed by atoms with van der Waals surface area (Å²) in [6.07, 6.45) is 0. The lowest BCUT2D eigenvalue weighted by molar-refractivity contribution is -0.123. The third-order valence-corrected chi connectivity index (χ3v) is 3.88. The molecule has 0 aliphatic rings. The van der Waals surface area contributed by atoms with E-state index < -0.39 is 0 Å². The molecule has 0 spiro atoms. The van der Waals surface area contributed by atoms with E-state index in [1.807, 2.05) is 32.4 Å². The summed E-state index contributed by atoms with van der Waals surface area (Å²) in [6, 6.07) is -0.0679. The van der Waals surface area contributed by atoms with E-state index in [-0.39, 0.29) is 18.0 Å². The van der Waals surface area contributed by atoms with Gasteiger partial charge in [-0.05, 0) is 50.5 Å². The Hall–Kier alpha value is -0.880. The van der Waals surface area contributed by atoms with E-state index in [1.54, 1.807) is 0 Å². The van der Waals surface area contributed by atoms with Gasteiger partial charge in [0.1, 0.15) is 0 Å². The SMILES string of the molecule is CCn1nc(C)c(Br)c1CNC(C)C(=O)NC(C)C. The summed E-state index contributed by atoms with van der Waals surface area (Å²) in [5.74, 6) is 0.0189. The lowest BCUT2D eigenvalue weighted by Gasteiger charge is -2.16. The third-order valence-electron chi connectivity index (χ3n) is 2.85. The standard InChI is InChI=1S/C13H23BrN4O/c1-6-18-11(12(14)9(4)17-18)7-15-10(5)13(19)16-8(2)3/h8,10,15H,6-7H2,1-5H3,(H,16,19). The first-order chi connectivity index (χ1) is 8.86. The van der Waals surface area contributed by atoms with E-state index >= 15 is 0 Å². The van der Waals surface area contributed by atoms with Gasteiger partial charge in [0.25, 0.3) is 0 Å². The average Bonchev–Trinajstić information content (AvgIpc) is 2.61. The first kappa shape index (κ1) is 16.2. The molecule has 1 aromatic rings. The highest BCUT2D eigenvalue weighted by atomic mass is 79.9. The van der Waals surface area contributed by atoms with Gasteiger partial charge in [-0.2, -0.15) is 5.10 Å². The van der Waals surface area contributed by atoms with Crippen LogP contribution in [0.2, 0.25) is 0 Å². The molecule has 0 saturated carbocycles. The van der Waals surface area contributed by atoms with Crippen LogP contribution < -0.4 is 10.6 Å². The Morgan fingerprint density at radius 2 is 2.05 bits per heavy atom. The van der Waals surface area contributed by atoms with Crippen LogP contribution in [0.4, 0.5) is 0 Å². The van der Waals surface area contributed by atoms with Gasteiger partial charge in [0.15, 0.2) is 0 Å². The topological polar surface area (TPSA) is 59.0 Å². The molecule has 1 amide bonds. The Morgan fingerprint density at radius 3 is 2.58 bits per heavy atom. The van der Waals surface area contributed by atoms with E-state index in [2.05, 4.69) is 38.6 Å². The molecule has 0 saturated heterocycles. The molecule has 1 heterocycles. The Morgan fingerprint density at radius 1 is 1.42 bits per heavy atom. The highest BCUT2D eigenvalue weighted by Crippen LogP contribution is 2.20. The average molecular weight is 331 g/mol. The van der Waals surface area contributed by atoms with Gasteiger partial charge in [0.05, 0.1) is 21.9 Å². The van der Waals surface area contributed by atoms with Crippen molar-refractivity contribution < 1.29 is 4.79 Å². The molecule has 1 rings (SSSR count). The molecule has 19 heavy (non-hydrogen) atoms. The molecule has 0 aliphatic heterocycles. The number of rotatable bonds is 6. The predicted octanol–water partition coefficient (Wildman–Crippen LogP) is 1.98. The Kier molecular flexibility index (Phi) is 6.00. The molecule has 0 radical (unpaired) electrons. The molecule has 6 heteroatoms. The van der Waals surface area contributed by atoms with E-state index in [1.165, 1.54) is 0 Å². The molecule has 0 bridgehead atoms. The second-order valence-corrected chi connectivity index (χ2v) is 5.72. The summed E-state index contributed by atoms with van der Waals surface area (Å²) in [4.78, 5) is 11.8. The van der Waals surface area contributed by atoms with Gasteiger partial charge in [0.2, 0.25) is 5.91 Å². The quantitative estimate of drug-likeness (QED) is 0.838. The molecule has 5 nitrogen and oxygen atoms in total. The van der Waals surface area contributed by atoms with Gasteiger partial charge in [-0.15, -0.1) is 0 Å². The van der Waals surface area contributed by atoms with E-state index in [0.29, 0.717) is 6.54 Å². The fraction of sp³-hybridized carbons (Fsp3) is 0.692. The second kappa shape index (κ2) is 7.05. The number of carbonyl (C=O) groups is 1. The van der Waals surface area contributed by atoms with Gasteiger partial charge < -0.3 is 10.6 Å². The van der Waals surface area contributed by atoms with Crippen LogP contribution in [0.1, 0.15) is 39.1 Å². The van der Waals surface area contributed by atoms with Crippen LogP contribution >= 0.6 is 15.9 Å². The van der Waals surface area contributed by atoms with Gasteiger partial charge in [-0.3, -0.25) is 9.48 Å². The number of carbonyl (C=O) groups excluding carboxylic acids is 1. The smallest absolute Gasteiger partial charge is 0.237 e. The zero-order valence-corrected chi connectivity index (χ0v) is 13.8. The summed E-state index contributed by atoms with van der Waals surface area (Å²) < 4.78 is 2.96. The van der Waals surface area contributed by atoms with Crippen LogP contribution in [0.3, 0.4) is 0 Å². The molecule has 108 valence electrons. The lowest BCUT2D eigenvalue weighted by Crippen LogP contribution is -2.44. The zero-order valence-electron chi connectivity index (χ0n) is 12.2. The fourth-order valence-corrected chi connectivity index (χ4v) is 2.21. The maximum Gasteiger partial charge on any atom is 0.237 e. The Balaban J connectivity index is 2.64. The maximum atomic E-state index is 11.8. The van der Waals surface area contributed by atoms with Crippen LogP contribution in [0.5, 0.6) is 0 Å². The fourth-order valence-electron chi connectivity index (χ4n) is 1.79. The molecule has 1 unspecified atom stereocenters. The van der Waals surface area contributed by atoms with Crippen molar-refractivity contribution in [2.75, 3.05) is 0 Å². The van der Waals surface area contributed by atoms with Crippen molar-refractivity contribution in [1.82, 2.24) is 20.4 Å². The van der Waals surface area contributed by atoms with Crippen molar-refractivity contribution in [3.63, 3.8) is 0 Å². The minimum Gasteiger partial charge on any atom is -0.353 e. The van der Waals surface area contributed by atoms with Crippen LogP contribution in [0, 0.1) is 6.92 Å². The van der Waals surface area contributed by atoms with Crippen LogP contribution in [-0.2, 0) is 17.9 Å². The Labute approximate surface area is 123 Å². The summed E-state index contributed by atoms with van der Waals surface area (Å²) in [5.41, 5.74) is 2.04. The van der Waals surface area contributed by atoms with Crippen molar-refractivity contribution in [1.29, 1.82) is 0 Å². The molecule has 1 atom stereocenters. The second-order valence-electron chi connectivity index (χ2n) is 4.93. The summed E-state index contributed by atoms with van der Waals surface area (Å²) in [5, 5.41) is 10.6. The summed E-state index contributed by atoms with van der Waals surface area (Å²) in [6.45, 7) is 11.2. The van der Waals surface area contributed by atoms with E-state index in [9.17, 15) is 4.79 Å². The van der Waals surface area contributed by atoms with Crippen LogP contribution in [0.25, 0.3) is 0 Å². The van der Waals surface area contributed by atoms with Crippen LogP contribution in [-0.4, -0.2) is 27.8 Å². The first-order valence-electron chi connectivity index (χ1n) is 6.62. The van der Waals surface area contributed by atoms with Gasteiger partial charge in [0, 0.05) is 19.1 Å². The molecule has 2 N–H and O–H groups in total. The predicted molar refractivity (Wildman–Crippen MR) is 79.9 cm³/mol. The number of nitrogens with one attached hydrogen (secondary N) is 2. The summed E-state index contributed by atoms with van der Waals surface area (Å²) >= 11 is 3.55. The number of amides is 1. The highest BCUT2D eigenvalue weighted by molar-refractivity contribution is 9.10. The monoisotopic (exact) mass is 330 g/mol. The Bertz CT molecular complexity index is 442. The van der Waals surface area contributed by atoms with Crippen molar-refractivity contribution in [2.24, 2.45) is 0 Å². The minimum absolute atomic E-state index is 0.0189. The zero-order chi connectivity index (χ0) is 14.6. The number of aryl methyl sites for hydroxylation is 2. The van der Waals surface area contributed by atoms with Crippen molar-refractivity contribution in [2.45, 2.75) is 59.8 Å². The molecule has 1 aromatic heterocycles. The van der Waals surface area contributed by atoms with Gasteiger partial charge in [-0.1, -0.05) is 0 Å². The lowest BCUT2D eigenvalue weighted by atomic mass is 10.2. The number of nitrogens with zero attached hydrogens (tertiary/aromatic N) is 2. The van der Waals surface area contributed by atoms with Gasteiger partial charge >= 0.3 is 0 Å². The van der Waals surface area contributed by atoms with Crippen molar-refractivity contribution in [3.05, 3.63) is 15.9 Å². The molecule has 0 aromatic carbocycles. The number of hydrogen-bond donors (Lipinski definition) is 2. The molecular weight excluding hydrogens is 308 g/mol. The largest absolute Gasteiger partial charge is 0.353 e. The summed E-state index contributed by atoms with van der Waals surface area (Å²) in [7, 11) is 0. The highest BCUT2D eigenvalue weighted by Gasteiger charge is 2.16. The number of halogens is 1. The van der Waals surface area contributed by atoms with Crippen molar-refractivity contribution in [3.8, 4) is 0 Å². The molecular formula is C13H23BrN4O. The normalized spacial score (nSPS) is 12.8. The van der Waals surface area contributed by atoms with E-state index in [0.717, 1.165) is 22.4 Å². The number of hydrogen-bond acceptors (Lipinski definition) is 3. The number of aromatic nitrogens is 2. The molecule has 0 aliphatic carbocycles. The van der Waals surface area contributed by atoms with E-state index in [4.69, 9.17) is 0 Å². The van der Waals surface area contributed by atoms with Crippen LogP contribution in [0.15, 0.2) is 4.47 Å². The minimum atomic E-state index is -0.227. The third kappa shape index (κ3) is 4.31. The van der Waals surface area contributed by atoms with Crippen molar-refractivity contribution >= 4 is 21.8 Å². The van der Waals surface area contributed by atoms with Gasteiger partial charge in [-0.25, -0.2) is 0 Å². The maximum absolute atomic E-state index is 11.8. The molecule has 0 fully saturated rings.